The van der Waals surface area contributed by atoms with E-state index in [1.165, 1.54) is 31.3 Å². The molecule has 0 aromatic carbocycles. The van der Waals surface area contributed by atoms with E-state index in [1.807, 2.05) is 0 Å². The summed E-state index contributed by atoms with van der Waals surface area (Å²) in [5.41, 5.74) is 4.52. The van der Waals surface area contributed by atoms with E-state index >= 15 is 0 Å². The van der Waals surface area contributed by atoms with E-state index < -0.39 is 18.3 Å². The number of aliphatic hydroxyl groups excluding tert-OH is 3. The van der Waals surface area contributed by atoms with Gasteiger partial charge in [-0.15, -0.1) is 11.3 Å². The van der Waals surface area contributed by atoms with Crippen LogP contribution < -0.4 is 0 Å². The Hall–Kier alpha value is -1.53. The van der Waals surface area contributed by atoms with E-state index in [0.29, 0.717) is 30.6 Å². The lowest BCUT2D eigenvalue weighted by molar-refractivity contribution is 0.0862. The highest BCUT2D eigenvalue weighted by Gasteiger charge is 2.53. The van der Waals surface area contributed by atoms with Gasteiger partial charge in [0.25, 0.3) is 0 Å². The number of hydrogen-bond donors (Lipinski definition) is 3. The zero-order chi connectivity index (χ0) is 26.4. The second-order valence-corrected chi connectivity index (χ2v) is 13.4. The number of hydrogen-bond acceptors (Lipinski definition) is 5. The fourth-order valence-electron chi connectivity index (χ4n) is 7.68. The van der Waals surface area contributed by atoms with Crippen molar-refractivity contribution in [1.82, 2.24) is 4.98 Å². The van der Waals surface area contributed by atoms with Gasteiger partial charge in [-0.05, 0) is 92.1 Å². The minimum Gasteiger partial charge on any atom is -0.393 e. The smallest absolute Gasteiger partial charge is 0.102 e. The van der Waals surface area contributed by atoms with Crippen LogP contribution in [0.15, 0.2) is 53.0 Å². The van der Waals surface area contributed by atoms with Gasteiger partial charge in [0.1, 0.15) is 5.01 Å². The molecule has 7 atom stereocenters. The van der Waals surface area contributed by atoms with Crippen molar-refractivity contribution in [2.75, 3.05) is 0 Å². The van der Waals surface area contributed by atoms with Crippen molar-refractivity contribution in [2.45, 2.75) is 109 Å². The number of rotatable bonds is 7. The Kier molecular flexibility index (Phi) is 7.72. The molecule has 4 aliphatic carbocycles. The molecule has 4 aliphatic rings. The van der Waals surface area contributed by atoms with Gasteiger partial charge in [-0.2, -0.15) is 0 Å². The van der Waals surface area contributed by atoms with Crippen LogP contribution in [0.25, 0.3) is 0 Å². The lowest BCUT2D eigenvalue weighted by Crippen LogP contribution is -2.35. The number of allylic oxidation sites excluding steroid dienone is 4. The van der Waals surface area contributed by atoms with E-state index in [2.05, 4.69) is 57.0 Å². The van der Waals surface area contributed by atoms with E-state index in [4.69, 9.17) is 4.98 Å². The molecule has 5 rings (SSSR count). The van der Waals surface area contributed by atoms with Crippen molar-refractivity contribution in [3.8, 4) is 0 Å². The quantitative estimate of drug-likeness (QED) is 0.360. The first-order valence-corrected chi connectivity index (χ1v) is 15.3. The zero-order valence-electron chi connectivity index (χ0n) is 22.8. The number of aromatic nitrogens is 1. The van der Waals surface area contributed by atoms with E-state index in [9.17, 15) is 15.3 Å². The van der Waals surface area contributed by atoms with Gasteiger partial charge in [0.2, 0.25) is 0 Å². The molecular formula is C32H45NO3S. The highest BCUT2D eigenvalue weighted by atomic mass is 32.1. The van der Waals surface area contributed by atoms with E-state index in [0.717, 1.165) is 47.5 Å². The van der Waals surface area contributed by atoms with Crippen LogP contribution in [0.2, 0.25) is 0 Å². The van der Waals surface area contributed by atoms with Crippen LogP contribution in [0, 0.1) is 23.2 Å². The van der Waals surface area contributed by atoms with Gasteiger partial charge in [-0.25, -0.2) is 4.98 Å². The Morgan fingerprint density at radius 1 is 1.19 bits per heavy atom. The Bertz CT molecular complexity index is 1100. The van der Waals surface area contributed by atoms with Crippen molar-refractivity contribution in [2.24, 2.45) is 23.2 Å². The lowest BCUT2D eigenvalue weighted by Gasteiger charge is -2.44. The zero-order valence-corrected chi connectivity index (χ0v) is 23.6. The topological polar surface area (TPSA) is 73.6 Å². The number of fused-ring (bicyclic) bond motifs is 1. The van der Waals surface area contributed by atoms with Crippen LogP contribution in [-0.2, 0) is 11.8 Å². The highest BCUT2D eigenvalue weighted by molar-refractivity contribution is 7.09. The SMILES string of the molecule is C=C1/C(=C/C=C2\CCC[C@]3(C)[C@@H]([C@H](C)/C=C/[C@@H](O)C4(c5nc(CC)cs5)CC4)CC[C@@H]23)C[C@@H](O)C[C@@H]1O. The second kappa shape index (κ2) is 10.6. The van der Waals surface area contributed by atoms with Crippen molar-refractivity contribution in [3.63, 3.8) is 0 Å². The van der Waals surface area contributed by atoms with Crippen molar-refractivity contribution < 1.29 is 15.3 Å². The Labute approximate surface area is 226 Å². The third kappa shape index (κ3) is 5.09. The summed E-state index contributed by atoms with van der Waals surface area (Å²) in [6.45, 7) is 11.1. The molecule has 4 saturated carbocycles. The van der Waals surface area contributed by atoms with Gasteiger partial charge < -0.3 is 15.3 Å². The minimum absolute atomic E-state index is 0.158. The fourth-order valence-corrected chi connectivity index (χ4v) is 8.87. The predicted molar refractivity (Wildman–Crippen MR) is 151 cm³/mol. The first kappa shape index (κ1) is 27.1. The second-order valence-electron chi connectivity index (χ2n) is 12.5. The molecule has 5 heteroatoms. The molecule has 1 aromatic heterocycles. The monoisotopic (exact) mass is 523 g/mol. The van der Waals surface area contributed by atoms with E-state index in [-0.39, 0.29) is 10.8 Å². The summed E-state index contributed by atoms with van der Waals surface area (Å²) in [4.78, 5) is 4.81. The third-order valence-corrected chi connectivity index (χ3v) is 11.3. The van der Waals surface area contributed by atoms with Gasteiger partial charge in [0.15, 0.2) is 0 Å². The van der Waals surface area contributed by atoms with Crippen molar-refractivity contribution >= 4 is 11.3 Å². The van der Waals surface area contributed by atoms with Crippen LogP contribution in [0.4, 0.5) is 0 Å². The molecule has 1 aromatic rings. The summed E-state index contributed by atoms with van der Waals surface area (Å²) in [6.07, 6.45) is 17.2. The number of aryl methyl sites for hydroxylation is 1. The molecule has 0 aliphatic heterocycles. The molecule has 4 fully saturated rings. The normalized spacial score (nSPS) is 37.3. The number of thiazole rings is 1. The summed E-state index contributed by atoms with van der Waals surface area (Å²) in [6, 6.07) is 0. The maximum atomic E-state index is 11.2. The molecule has 0 amide bonds. The van der Waals surface area contributed by atoms with Crippen LogP contribution >= 0.6 is 11.3 Å². The first-order chi connectivity index (χ1) is 17.7. The largest absolute Gasteiger partial charge is 0.393 e. The van der Waals surface area contributed by atoms with Crippen molar-refractivity contribution in [1.29, 1.82) is 0 Å². The van der Waals surface area contributed by atoms with Crippen LogP contribution in [0.1, 0.15) is 89.3 Å². The van der Waals surface area contributed by atoms with Gasteiger partial charge >= 0.3 is 0 Å². The standard InChI is InChI=1S/C32H45NO3S/c1-5-24-19-37-30(33-24)32(15-16-32)29(36)13-8-20(2)26-11-12-27-22(7-6-14-31(26,27)4)9-10-23-17-25(34)18-28(35)21(23)3/h8-10,13,19-20,25-29,34-36H,3,5-7,11-12,14-18H2,1-2,4H3/b13-8+,22-9+,23-10+/t20-,25-,26-,27+,28+,29-,31-/m1/s1. The number of aliphatic hydroxyl groups is 3. The Morgan fingerprint density at radius 3 is 2.68 bits per heavy atom. The molecule has 0 radical (unpaired) electrons. The molecule has 4 nitrogen and oxygen atoms in total. The highest BCUT2D eigenvalue weighted by Crippen LogP contribution is 2.60. The van der Waals surface area contributed by atoms with E-state index in [1.54, 1.807) is 11.3 Å². The Balaban J connectivity index is 1.28. The third-order valence-electron chi connectivity index (χ3n) is 10.2. The van der Waals surface area contributed by atoms with Crippen LogP contribution in [-0.4, -0.2) is 38.6 Å². The predicted octanol–water partition coefficient (Wildman–Crippen LogP) is 6.43. The maximum Gasteiger partial charge on any atom is 0.102 e. The first-order valence-electron chi connectivity index (χ1n) is 14.4. The van der Waals surface area contributed by atoms with Gasteiger partial charge in [0.05, 0.1) is 29.4 Å². The molecular weight excluding hydrogens is 478 g/mol. The minimum atomic E-state index is -0.636. The van der Waals surface area contributed by atoms with Gasteiger partial charge in [-0.3, -0.25) is 0 Å². The molecule has 0 spiro atoms. The molecule has 0 saturated heterocycles. The summed E-state index contributed by atoms with van der Waals surface area (Å²) < 4.78 is 0. The van der Waals surface area contributed by atoms with Crippen LogP contribution in [0.3, 0.4) is 0 Å². The van der Waals surface area contributed by atoms with Gasteiger partial charge in [0, 0.05) is 11.8 Å². The lowest BCUT2D eigenvalue weighted by atomic mass is 9.61. The maximum absolute atomic E-state index is 11.2. The molecule has 37 heavy (non-hydrogen) atoms. The summed E-state index contributed by atoms with van der Waals surface area (Å²) in [5, 5.41) is 34.8. The average Bonchev–Trinajstić information content (AvgIpc) is 3.39. The van der Waals surface area contributed by atoms with Crippen molar-refractivity contribution in [3.05, 3.63) is 63.7 Å². The summed E-state index contributed by atoms with van der Waals surface area (Å²) in [7, 11) is 0. The fraction of sp³-hybridized carbons (Fsp3) is 0.656. The number of nitrogens with zero attached hydrogens (tertiary/aromatic N) is 1. The average molecular weight is 524 g/mol. The molecule has 0 bridgehead atoms. The Morgan fingerprint density at radius 2 is 1.97 bits per heavy atom. The van der Waals surface area contributed by atoms with Crippen LogP contribution in [0.5, 0.6) is 0 Å². The van der Waals surface area contributed by atoms with Gasteiger partial charge in [-0.1, -0.05) is 57.2 Å². The summed E-state index contributed by atoms with van der Waals surface area (Å²) >= 11 is 1.71. The molecule has 0 unspecified atom stereocenters. The molecule has 202 valence electrons. The molecule has 3 N–H and O–H groups in total. The molecule has 1 heterocycles. The summed E-state index contributed by atoms with van der Waals surface area (Å²) in [5.74, 6) is 1.60.